The minimum Gasteiger partial charge on any atom is -0.360 e. The maximum Gasteiger partial charge on any atom is 0.239 e. The summed E-state index contributed by atoms with van der Waals surface area (Å²) < 4.78 is 5.14. The van der Waals surface area contributed by atoms with Crippen LogP contribution in [0.3, 0.4) is 0 Å². The van der Waals surface area contributed by atoms with E-state index in [9.17, 15) is 4.79 Å². The summed E-state index contributed by atoms with van der Waals surface area (Å²) in [5, 5.41) is 2.96. The van der Waals surface area contributed by atoms with Crippen molar-refractivity contribution in [1.29, 1.82) is 0 Å². The van der Waals surface area contributed by atoms with Gasteiger partial charge in [-0.3, -0.25) is 4.79 Å². The predicted molar refractivity (Wildman–Crippen MR) is 48.8 cm³/mol. The smallest absolute Gasteiger partial charge is 0.239 e. The van der Waals surface area contributed by atoms with E-state index < -0.39 is 0 Å². The number of amides is 1. The van der Waals surface area contributed by atoms with Crippen LogP contribution in [0.25, 0.3) is 0 Å². The lowest BCUT2D eigenvalue weighted by molar-refractivity contribution is -0.149. The van der Waals surface area contributed by atoms with E-state index >= 15 is 0 Å². The van der Waals surface area contributed by atoms with Crippen LogP contribution in [0.5, 0.6) is 0 Å². The standard InChI is InChI=1S/C9H14N2O2/c1-4-7(2)11-8(12)5-10-6-9(11)13-3/h1,7,9-10H,5-6H2,2-3H3/t7-,9?/m0/s1. The van der Waals surface area contributed by atoms with Crippen molar-refractivity contribution in [3.05, 3.63) is 0 Å². The number of rotatable bonds is 2. The van der Waals surface area contributed by atoms with Gasteiger partial charge in [0.2, 0.25) is 5.91 Å². The van der Waals surface area contributed by atoms with Crippen LogP contribution in [0.2, 0.25) is 0 Å². The van der Waals surface area contributed by atoms with E-state index in [1.807, 2.05) is 6.92 Å². The van der Waals surface area contributed by atoms with Crippen LogP contribution in [0.15, 0.2) is 0 Å². The van der Waals surface area contributed by atoms with Crippen molar-refractivity contribution in [3.8, 4) is 12.3 Å². The number of piperazine rings is 1. The largest absolute Gasteiger partial charge is 0.360 e. The third-order valence-electron chi connectivity index (χ3n) is 2.12. The molecule has 1 unspecified atom stereocenters. The molecule has 1 amide bonds. The van der Waals surface area contributed by atoms with E-state index in [1.165, 1.54) is 0 Å². The Kier molecular flexibility index (Phi) is 3.29. The van der Waals surface area contributed by atoms with Crippen LogP contribution < -0.4 is 5.32 Å². The molecule has 0 spiro atoms. The van der Waals surface area contributed by atoms with Crippen LogP contribution >= 0.6 is 0 Å². The van der Waals surface area contributed by atoms with E-state index in [0.29, 0.717) is 13.1 Å². The number of terminal acetylenes is 1. The van der Waals surface area contributed by atoms with Gasteiger partial charge in [0.05, 0.1) is 12.6 Å². The van der Waals surface area contributed by atoms with Gasteiger partial charge in [-0.15, -0.1) is 6.42 Å². The highest BCUT2D eigenvalue weighted by atomic mass is 16.5. The van der Waals surface area contributed by atoms with Gasteiger partial charge in [-0.25, -0.2) is 0 Å². The second kappa shape index (κ2) is 4.26. The summed E-state index contributed by atoms with van der Waals surface area (Å²) in [7, 11) is 1.57. The van der Waals surface area contributed by atoms with Gasteiger partial charge in [0.25, 0.3) is 0 Å². The van der Waals surface area contributed by atoms with E-state index in [4.69, 9.17) is 11.2 Å². The molecule has 0 saturated carbocycles. The Morgan fingerprint density at radius 2 is 2.54 bits per heavy atom. The third-order valence-corrected chi connectivity index (χ3v) is 2.12. The van der Waals surface area contributed by atoms with E-state index in [2.05, 4.69) is 11.2 Å². The average Bonchev–Trinajstić information content (AvgIpc) is 2.16. The zero-order chi connectivity index (χ0) is 9.84. The monoisotopic (exact) mass is 182 g/mol. The highest BCUT2D eigenvalue weighted by molar-refractivity contribution is 5.80. The fourth-order valence-electron chi connectivity index (χ4n) is 1.40. The molecule has 1 rings (SSSR count). The molecule has 4 nitrogen and oxygen atoms in total. The molecule has 0 aliphatic carbocycles. The number of nitrogens with zero attached hydrogens (tertiary/aromatic N) is 1. The number of nitrogens with one attached hydrogen (secondary N) is 1. The Hall–Kier alpha value is -1.05. The van der Waals surface area contributed by atoms with Gasteiger partial charge in [-0.2, -0.15) is 0 Å². The van der Waals surface area contributed by atoms with Crippen LogP contribution in [0.4, 0.5) is 0 Å². The first-order valence-corrected chi connectivity index (χ1v) is 4.21. The Morgan fingerprint density at radius 1 is 1.85 bits per heavy atom. The Morgan fingerprint density at radius 3 is 3.08 bits per heavy atom. The molecule has 2 atom stereocenters. The van der Waals surface area contributed by atoms with Gasteiger partial charge in [0, 0.05) is 13.7 Å². The number of hydrogen-bond acceptors (Lipinski definition) is 3. The minimum atomic E-state index is -0.243. The Bertz CT molecular complexity index is 234. The first kappa shape index (κ1) is 10.0. The molecule has 1 aliphatic rings. The molecule has 1 heterocycles. The molecule has 1 fully saturated rings. The second-order valence-electron chi connectivity index (χ2n) is 2.96. The Labute approximate surface area is 78.2 Å². The van der Waals surface area contributed by atoms with Crippen molar-refractivity contribution >= 4 is 5.91 Å². The number of carbonyl (C=O) groups excluding carboxylic acids is 1. The van der Waals surface area contributed by atoms with E-state index in [1.54, 1.807) is 12.0 Å². The number of hydrogen-bond donors (Lipinski definition) is 1. The van der Waals surface area contributed by atoms with Crippen LogP contribution in [0, 0.1) is 12.3 Å². The molecule has 0 bridgehead atoms. The molecule has 0 aromatic heterocycles. The molecule has 1 aliphatic heterocycles. The molecule has 13 heavy (non-hydrogen) atoms. The molecular weight excluding hydrogens is 168 g/mol. The highest BCUT2D eigenvalue weighted by Crippen LogP contribution is 2.09. The van der Waals surface area contributed by atoms with Crippen molar-refractivity contribution in [1.82, 2.24) is 10.2 Å². The molecule has 4 heteroatoms. The van der Waals surface area contributed by atoms with Gasteiger partial charge in [-0.05, 0) is 6.92 Å². The fraction of sp³-hybridized carbons (Fsp3) is 0.667. The fourth-order valence-corrected chi connectivity index (χ4v) is 1.40. The van der Waals surface area contributed by atoms with Gasteiger partial charge in [0.1, 0.15) is 6.23 Å². The van der Waals surface area contributed by atoms with Gasteiger partial charge in [0.15, 0.2) is 0 Å². The average molecular weight is 182 g/mol. The maximum atomic E-state index is 11.5. The number of ether oxygens (including phenoxy) is 1. The van der Waals surface area contributed by atoms with Crippen LogP contribution in [-0.4, -0.2) is 43.3 Å². The lowest BCUT2D eigenvalue weighted by atomic mass is 10.2. The lowest BCUT2D eigenvalue weighted by Gasteiger charge is -2.37. The first-order chi connectivity index (χ1) is 6.20. The van der Waals surface area contributed by atoms with Gasteiger partial charge >= 0.3 is 0 Å². The van der Waals surface area contributed by atoms with Crippen molar-refractivity contribution in [3.63, 3.8) is 0 Å². The summed E-state index contributed by atoms with van der Waals surface area (Å²) in [5.74, 6) is 2.52. The summed E-state index contributed by atoms with van der Waals surface area (Å²) in [6.07, 6.45) is 5.02. The molecular formula is C9H14N2O2. The normalized spacial score (nSPS) is 25.5. The quantitative estimate of drug-likeness (QED) is 0.580. The van der Waals surface area contributed by atoms with Crippen molar-refractivity contribution in [2.45, 2.75) is 19.2 Å². The molecule has 0 radical (unpaired) electrons. The summed E-state index contributed by atoms with van der Waals surface area (Å²) in [6.45, 7) is 2.79. The predicted octanol–water partition coefficient (Wildman–Crippen LogP) is -0.588. The van der Waals surface area contributed by atoms with Gasteiger partial charge in [-0.1, -0.05) is 5.92 Å². The first-order valence-electron chi connectivity index (χ1n) is 4.21. The number of carbonyl (C=O) groups is 1. The molecule has 1 N–H and O–H groups in total. The zero-order valence-corrected chi connectivity index (χ0v) is 7.91. The van der Waals surface area contributed by atoms with E-state index in [0.717, 1.165) is 0 Å². The van der Waals surface area contributed by atoms with Crippen LogP contribution in [0.1, 0.15) is 6.92 Å². The molecule has 72 valence electrons. The summed E-state index contributed by atoms with van der Waals surface area (Å²) in [5.41, 5.74) is 0. The molecule has 1 saturated heterocycles. The second-order valence-corrected chi connectivity index (χ2v) is 2.96. The van der Waals surface area contributed by atoms with Crippen molar-refractivity contribution in [2.24, 2.45) is 0 Å². The lowest BCUT2D eigenvalue weighted by Crippen LogP contribution is -2.58. The number of methoxy groups -OCH3 is 1. The topological polar surface area (TPSA) is 41.6 Å². The van der Waals surface area contributed by atoms with Gasteiger partial charge < -0.3 is 15.0 Å². The van der Waals surface area contributed by atoms with Crippen molar-refractivity contribution < 1.29 is 9.53 Å². The highest BCUT2D eigenvalue weighted by Gasteiger charge is 2.30. The zero-order valence-electron chi connectivity index (χ0n) is 7.91. The maximum absolute atomic E-state index is 11.5. The molecule has 0 aromatic rings. The summed E-state index contributed by atoms with van der Waals surface area (Å²) >= 11 is 0. The Balaban J connectivity index is 2.74. The third kappa shape index (κ3) is 2.00. The SMILES string of the molecule is C#C[C@H](C)N1C(=O)CNCC1OC. The van der Waals surface area contributed by atoms with Crippen molar-refractivity contribution in [2.75, 3.05) is 20.2 Å². The van der Waals surface area contributed by atoms with E-state index in [-0.39, 0.29) is 18.2 Å². The molecule has 0 aromatic carbocycles. The minimum absolute atomic E-state index is 0.0106. The summed E-state index contributed by atoms with van der Waals surface area (Å²) in [4.78, 5) is 13.0. The summed E-state index contributed by atoms with van der Waals surface area (Å²) in [6, 6.07) is -0.209. The van der Waals surface area contributed by atoms with Crippen LogP contribution in [-0.2, 0) is 9.53 Å².